The van der Waals surface area contributed by atoms with E-state index >= 15 is 0 Å². The van der Waals surface area contributed by atoms with Crippen LogP contribution in [0.4, 0.5) is 22.7 Å². The molecule has 8 heteroatoms. The monoisotopic (exact) mass is 672 g/mol. The van der Waals surface area contributed by atoms with E-state index in [9.17, 15) is 0 Å². The van der Waals surface area contributed by atoms with E-state index in [1.807, 2.05) is 24.3 Å². The van der Waals surface area contributed by atoms with Crippen LogP contribution in [-0.2, 0) is 9.31 Å². The number of hydrogen-bond acceptors (Lipinski definition) is 6. The van der Waals surface area contributed by atoms with Gasteiger partial charge < -0.3 is 18.1 Å². The van der Waals surface area contributed by atoms with Crippen molar-refractivity contribution in [1.29, 1.82) is 0 Å². The van der Waals surface area contributed by atoms with Gasteiger partial charge in [-0.1, -0.05) is 84.9 Å². The Labute approximate surface area is 291 Å². The van der Waals surface area contributed by atoms with Gasteiger partial charge >= 0.3 is 7.12 Å². The zero-order chi connectivity index (χ0) is 33.8. The summed E-state index contributed by atoms with van der Waals surface area (Å²) in [5.74, 6) is 0. The van der Waals surface area contributed by atoms with Crippen LogP contribution in [0.2, 0.25) is 0 Å². The number of benzene rings is 6. The number of fused-ring (bicyclic) bond motifs is 7. The lowest BCUT2D eigenvalue weighted by Crippen LogP contribution is -2.41. The average Bonchev–Trinajstić information content (AvgIpc) is 3.85. The van der Waals surface area contributed by atoms with Gasteiger partial charge in [-0.25, -0.2) is 0 Å². The molecule has 0 radical (unpaired) electrons. The molecule has 0 bridgehead atoms. The summed E-state index contributed by atoms with van der Waals surface area (Å²) in [4.78, 5) is 0. The summed E-state index contributed by atoms with van der Waals surface area (Å²) in [7, 11) is -1.73. The molecule has 4 heterocycles. The number of furan rings is 2. The van der Waals surface area contributed by atoms with E-state index in [1.165, 1.54) is 5.30 Å². The zero-order valence-electron chi connectivity index (χ0n) is 28.3. The fourth-order valence-electron chi connectivity index (χ4n) is 7.43. The molecule has 6 aromatic carbocycles. The Balaban J connectivity index is 1.28. The molecule has 1 fully saturated rings. The average molecular weight is 673 g/mol. The molecule has 0 N–H and O–H groups in total. The summed E-state index contributed by atoms with van der Waals surface area (Å²) >= 11 is 0. The molecule has 244 valence electrons. The lowest BCUT2D eigenvalue weighted by Gasteiger charge is -2.33. The third kappa shape index (κ3) is 4.27. The van der Waals surface area contributed by atoms with Gasteiger partial charge in [0.25, 0.3) is 0 Å². The van der Waals surface area contributed by atoms with Gasteiger partial charge in [-0.3, -0.25) is 9.34 Å². The van der Waals surface area contributed by atoms with Gasteiger partial charge in [0, 0.05) is 16.1 Å². The molecule has 0 saturated carbocycles. The van der Waals surface area contributed by atoms with Gasteiger partial charge in [0.1, 0.15) is 30.6 Å². The third-order valence-corrected chi connectivity index (χ3v) is 12.9. The van der Waals surface area contributed by atoms with Crippen LogP contribution in [0, 0.1) is 0 Å². The van der Waals surface area contributed by atoms with Crippen molar-refractivity contribution in [1.82, 2.24) is 0 Å². The van der Waals surface area contributed by atoms with E-state index in [1.54, 1.807) is 0 Å². The molecular weight excluding hydrogens is 638 g/mol. The first-order valence-corrected chi connectivity index (χ1v) is 18.3. The summed E-state index contributed by atoms with van der Waals surface area (Å²) in [6, 6.07) is 46.9. The van der Waals surface area contributed by atoms with E-state index in [0.717, 1.165) is 72.1 Å². The Morgan fingerprint density at radius 3 is 1.56 bits per heavy atom. The fraction of sp³-hybridized carbons (Fsp3) is 0.143. The van der Waals surface area contributed by atoms with E-state index in [0.29, 0.717) is 0 Å². The number of rotatable bonds is 4. The highest BCUT2D eigenvalue weighted by Gasteiger charge is 2.52. The first kappa shape index (κ1) is 29.8. The molecule has 2 aliphatic heterocycles. The molecule has 1 unspecified atom stereocenters. The minimum atomic E-state index is -1.23. The van der Waals surface area contributed by atoms with Crippen LogP contribution in [0.3, 0.4) is 0 Å². The second-order valence-corrected chi connectivity index (χ2v) is 16.0. The fourth-order valence-corrected chi connectivity index (χ4v) is 9.99. The smallest absolute Gasteiger partial charge is 0.456 e. The lowest BCUT2D eigenvalue weighted by molar-refractivity contribution is 0.00578. The van der Waals surface area contributed by atoms with E-state index in [4.69, 9.17) is 18.1 Å². The van der Waals surface area contributed by atoms with Crippen molar-refractivity contribution in [3.8, 4) is 0 Å². The van der Waals surface area contributed by atoms with Crippen molar-refractivity contribution in [3.05, 3.63) is 133 Å². The highest BCUT2D eigenvalue weighted by Crippen LogP contribution is 2.66. The Bertz CT molecular complexity index is 2600. The minimum Gasteiger partial charge on any atom is -0.456 e. The van der Waals surface area contributed by atoms with Gasteiger partial charge in [-0.2, -0.15) is 0 Å². The first-order valence-electron chi connectivity index (χ1n) is 17.0. The normalized spacial score (nSPS) is 18.2. The summed E-state index contributed by atoms with van der Waals surface area (Å²) in [6.07, 6.45) is 0. The Kier molecular flexibility index (Phi) is 6.39. The molecule has 1 saturated heterocycles. The Hall–Kier alpha value is -5.07. The van der Waals surface area contributed by atoms with Crippen molar-refractivity contribution < 1.29 is 18.1 Å². The summed E-state index contributed by atoms with van der Waals surface area (Å²) in [5, 5.41) is 5.59. The molecule has 1 atom stereocenters. The number of para-hydroxylation sites is 2. The summed E-state index contributed by atoms with van der Waals surface area (Å²) in [6.45, 7) is 8.40. The summed E-state index contributed by atoms with van der Waals surface area (Å²) < 4.78 is 31.2. The van der Waals surface area contributed by atoms with Gasteiger partial charge in [-0.15, -0.1) is 0 Å². The minimum absolute atomic E-state index is 0.460. The van der Waals surface area contributed by atoms with Crippen molar-refractivity contribution in [2.45, 2.75) is 38.9 Å². The van der Waals surface area contributed by atoms with Crippen LogP contribution in [-0.4, -0.2) is 18.3 Å². The van der Waals surface area contributed by atoms with Gasteiger partial charge in [0.15, 0.2) is 0 Å². The quantitative estimate of drug-likeness (QED) is 0.137. The molecule has 6 nitrogen and oxygen atoms in total. The van der Waals surface area contributed by atoms with E-state index in [-0.39, 0.29) is 0 Å². The summed E-state index contributed by atoms with van der Waals surface area (Å²) in [5.41, 5.74) is 7.89. The van der Waals surface area contributed by atoms with Crippen LogP contribution in [0.15, 0.2) is 142 Å². The maximum absolute atomic E-state index is 6.61. The highest BCUT2D eigenvalue weighted by atomic mass is 31.1. The molecule has 0 spiro atoms. The van der Waals surface area contributed by atoms with Crippen LogP contribution in [0.5, 0.6) is 0 Å². The second kappa shape index (κ2) is 10.7. The highest BCUT2D eigenvalue weighted by molar-refractivity contribution is 7.70. The first-order chi connectivity index (χ1) is 24.3. The van der Waals surface area contributed by atoms with Crippen molar-refractivity contribution in [2.75, 3.05) is 9.34 Å². The predicted octanol–water partition coefficient (Wildman–Crippen LogP) is 10.7. The maximum atomic E-state index is 6.61. The number of anilines is 4. The molecule has 2 aromatic heterocycles. The number of hydrogen-bond donors (Lipinski definition) is 0. The van der Waals surface area contributed by atoms with Crippen LogP contribution in [0.1, 0.15) is 27.7 Å². The second-order valence-electron chi connectivity index (χ2n) is 14.1. The van der Waals surface area contributed by atoms with Crippen LogP contribution in [0.25, 0.3) is 43.9 Å². The van der Waals surface area contributed by atoms with E-state index in [2.05, 4.69) is 146 Å². The lowest BCUT2D eigenvalue weighted by atomic mass is 9.78. The predicted molar refractivity (Wildman–Crippen MR) is 207 cm³/mol. The third-order valence-electron chi connectivity index (χ3n) is 10.6. The topological polar surface area (TPSA) is 51.2 Å². The molecule has 8 aromatic rings. The molecular formula is C42H34BN2O4P. The molecule has 0 amide bonds. The molecule has 50 heavy (non-hydrogen) atoms. The SMILES string of the molecule is CC1(C)OB(c2ccc3c(c2)N(c2cccc4oc5ccccc5c24)P(c2ccccc2)N3c2cccc3oc4ccccc4c23)OC1(C)C. The molecule has 0 aliphatic carbocycles. The van der Waals surface area contributed by atoms with Crippen molar-refractivity contribution in [2.24, 2.45) is 0 Å². The van der Waals surface area contributed by atoms with Gasteiger partial charge in [0.05, 0.1) is 44.7 Å². The standard InChI is InChI=1S/C42H34BN2O4P/c1-41(2)42(3,4)49-43(48-41)27-24-25-31-34(26-27)45(33-19-13-23-38-40(33)30-17-9-11-21-36(30)47-38)50(28-14-6-5-7-15-28)44(31)32-18-12-22-37-39(32)29-16-8-10-20-35(29)46-37/h5-26H,1-4H3. The zero-order valence-corrected chi connectivity index (χ0v) is 29.1. The molecule has 10 rings (SSSR count). The Morgan fingerprint density at radius 1 is 0.480 bits per heavy atom. The van der Waals surface area contributed by atoms with E-state index < -0.39 is 26.5 Å². The van der Waals surface area contributed by atoms with Crippen molar-refractivity contribution >= 4 is 92.7 Å². The maximum Gasteiger partial charge on any atom is 0.494 e. The molecule has 2 aliphatic rings. The van der Waals surface area contributed by atoms with Crippen LogP contribution >= 0.6 is 8.22 Å². The Morgan fingerprint density at radius 2 is 0.980 bits per heavy atom. The van der Waals surface area contributed by atoms with Gasteiger partial charge in [-0.05, 0) is 81.7 Å². The van der Waals surface area contributed by atoms with Crippen LogP contribution < -0.4 is 20.1 Å². The largest absolute Gasteiger partial charge is 0.494 e. The number of nitrogens with zero attached hydrogens (tertiary/aromatic N) is 2. The van der Waals surface area contributed by atoms with Crippen molar-refractivity contribution in [3.63, 3.8) is 0 Å². The van der Waals surface area contributed by atoms with Gasteiger partial charge in [0.2, 0.25) is 0 Å².